The van der Waals surface area contributed by atoms with Gasteiger partial charge in [0.1, 0.15) is 5.82 Å². The van der Waals surface area contributed by atoms with Crippen molar-refractivity contribution >= 4 is 17.6 Å². The molecule has 0 saturated heterocycles. The average Bonchev–Trinajstić information content (AvgIpc) is 3.06. The lowest BCUT2D eigenvalue weighted by Crippen LogP contribution is -2.25. The molecule has 0 bridgehead atoms. The summed E-state index contributed by atoms with van der Waals surface area (Å²) in [5, 5.41) is 10.0. The first-order valence-electron chi connectivity index (χ1n) is 8.85. The van der Waals surface area contributed by atoms with E-state index in [1.165, 1.54) is 0 Å². The van der Waals surface area contributed by atoms with E-state index in [-0.39, 0.29) is 23.4 Å². The van der Waals surface area contributed by atoms with E-state index in [4.69, 9.17) is 4.74 Å². The Kier molecular flexibility index (Phi) is 7.35. The summed E-state index contributed by atoms with van der Waals surface area (Å²) in [5.41, 5.74) is 1.02. The maximum Gasteiger partial charge on any atom is 0.271 e. The normalized spacial score (nSPS) is 10.8. The minimum Gasteiger partial charge on any atom is -0.382 e. The molecule has 7 heteroatoms. The van der Waals surface area contributed by atoms with Gasteiger partial charge in [-0.15, -0.1) is 0 Å². The minimum atomic E-state index is -0.281. The number of ether oxygens (including phenoxy) is 1. The molecule has 1 heterocycles. The topological polar surface area (TPSA) is 85.3 Å². The molecule has 0 aliphatic heterocycles. The summed E-state index contributed by atoms with van der Waals surface area (Å²) in [6.45, 7) is 7.32. The fraction of sp³-hybridized carbons (Fsp3) is 0.421. The second-order valence-corrected chi connectivity index (χ2v) is 6.11. The standard InChI is InChI=1S/C19H26N4O3/c1-4-26-12-8-11-20-19(25)16-13-17(21-18(24)14(2)3)23(22-16)15-9-6-5-7-10-15/h5-7,9-10,13-14H,4,8,11-12H2,1-3H3,(H,20,25)(H,21,24). The van der Waals surface area contributed by atoms with Crippen LogP contribution in [0.15, 0.2) is 36.4 Å². The summed E-state index contributed by atoms with van der Waals surface area (Å²) >= 11 is 0. The first kappa shape index (κ1) is 19.7. The van der Waals surface area contributed by atoms with Crippen LogP contribution < -0.4 is 10.6 Å². The smallest absolute Gasteiger partial charge is 0.271 e. The highest BCUT2D eigenvalue weighted by atomic mass is 16.5. The number of anilines is 1. The number of nitrogens with one attached hydrogen (secondary N) is 2. The lowest BCUT2D eigenvalue weighted by Gasteiger charge is -2.10. The molecule has 0 aliphatic rings. The predicted molar refractivity (Wildman–Crippen MR) is 100 cm³/mol. The predicted octanol–water partition coefficient (Wildman–Crippen LogP) is 2.62. The lowest BCUT2D eigenvalue weighted by molar-refractivity contribution is -0.118. The van der Waals surface area contributed by atoms with Crippen LogP contribution in [-0.4, -0.2) is 41.4 Å². The van der Waals surface area contributed by atoms with Crippen LogP contribution in [0, 0.1) is 5.92 Å². The van der Waals surface area contributed by atoms with Gasteiger partial charge in [-0.1, -0.05) is 32.0 Å². The number of hydrogen-bond acceptors (Lipinski definition) is 4. The van der Waals surface area contributed by atoms with Crippen molar-refractivity contribution < 1.29 is 14.3 Å². The van der Waals surface area contributed by atoms with Gasteiger partial charge in [0.05, 0.1) is 5.69 Å². The molecule has 0 aliphatic carbocycles. The van der Waals surface area contributed by atoms with Gasteiger partial charge >= 0.3 is 0 Å². The molecule has 140 valence electrons. The van der Waals surface area contributed by atoms with Gasteiger partial charge in [-0.2, -0.15) is 5.10 Å². The van der Waals surface area contributed by atoms with E-state index in [2.05, 4.69) is 15.7 Å². The third kappa shape index (κ3) is 5.42. The SMILES string of the molecule is CCOCCCNC(=O)c1cc(NC(=O)C(C)C)n(-c2ccccc2)n1. The number of carbonyl (C=O) groups is 2. The molecule has 26 heavy (non-hydrogen) atoms. The van der Waals surface area contributed by atoms with Crippen molar-refractivity contribution in [2.75, 3.05) is 25.1 Å². The Morgan fingerprint density at radius 2 is 1.96 bits per heavy atom. The molecular formula is C19H26N4O3. The van der Waals surface area contributed by atoms with Crippen LogP contribution in [0.4, 0.5) is 5.82 Å². The Balaban J connectivity index is 2.16. The molecule has 0 fully saturated rings. The van der Waals surface area contributed by atoms with Crippen molar-refractivity contribution in [2.24, 2.45) is 5.92 Å². The number of benzene rings is 1. The summed E-state index contributed by atoms with van der Waals surface area (Å²) in [7, 11) is 0. The maximum atomic E-state index is 12.4. The highest BCUT2D eigenvalue weighted by molar-refractivity contribution is 5.96. The Labute approximate surface area is 153 Å². The van der Waals surface area contributed by atoms with Crippen LogP contribution in [0.3, 0.4) is 0 Å². The molecule has 0 saturated carbocycles. The molecule has 2 amide bonds. The van der Waals surface area contributed by atoms with E-state index >= 15 is 0 Å². The molecule has 2 N–H and O–H groups in total. The van der Waals surface area contributed by atoms with Gasteiger partial charge in [-0.3, -0.25) is 9.59 Å². The second-order valence-electron chi connectivity index (χ2n) is 6.11. The molecule has 2 aromatic rings. The van der Waals surface area contributed by atoms with Crippen molar-refractivity contribution in [1.82, 2.24) is 15.1 Å². The van der Waals surface area contributed by atoms with Gasteiger partial charge < -0.3 is 15.4 Å². The number of nitrogens with zero attached hydrogens (tertiary/aromatic N) is 2. The molecule has 0 unspecified atom stereocenters. The Morgan fingerprint density at radius 1 is 1.23 bits per heavy atom. The molecule has 1 aromatic heterocycles. The molecule has 2 rings (SSSR count). The largest absolute Gasteiger partial charge is 0.382 e. The van der Waals surface area contributed by atoms with Crippen LogP contribution in [0.25, 0.3) is 5.69 Å². The zero-order chi connectivity index (χ0) is 18.9. The summed E-state index contributed by atoms with van der Waals surface area (Å²) in [6.07, 6.45) is 0.732. The van der Waals surface area contributed by atoms with Crippen molar-refractivity contribution in [1.29, 1.82) is 0 Å². The summed E-state index contributed by atoms with van der Waals surface area (Å²) in [4.78, 5) is 24.4. The first-order chi connectivity index (χ1) is 12.5. The van der Waals surface area contributed by atoms with E-state index in [1.807, 2.05) is 51.1 Å². The third-order valence-corrected chi connectivity index (χ3v) is 3.67. The van der Waals surface area contributed by atoms with Crippen LogP contribution in [0.5, 0.6) is 0 Å². The molecule has 7 nitrogen and oxygen atoms in total. The van der Waals surface area contributed by atoms with Crippen LogP contribution in [0.1, 0.15) is 37.7 Å². The number of hydrogen-bond donors (Lipinski definition) is 2. The molecule has 0 atom stereocenters. The highest BCUT2D eigenvalue weighted by Crippen LogP contribution is 2.18. The van der Waals surface area contributed by atoms with Gasteiger partial charge in [0, 0.05) is 31.7 Å². The van der Waals surface area contributed by atoms with E-state index in [1.54, 1.807) is 10.7 Å². The third-order valence-electron chi connectivity index (χ3n) is 3.67. The van der Waals surface area contributed by atoms with Gasteiger partial charge in [0.2, 0.25) is 5.91 Å². The lowest BCUT2D eigenvalue weighted by atomic mass is 10.2. The van der Waals surface area contributed by atoms with E-state index < -0.39 is 0 Å². The number of rotatable bonds is 9. The fourth-order valence-electron chi connectivity index (χ4n) is 2.23. The molecular weight excluding hydrogens is 332 g/mol. The van der Waals surface area contributed by atoms with Gasteiger partial charge in [0.15, 0.2) is 5.69 Å². The number of aromatic nitrogens is 2. The Hall–Kier alpha value is -2.67. The van der Waals surface area contributed by atoms with Gasteiger partial charge in [-0.05, 0) is 25.5 Å². The summed E-state index contributed by atoms with van der Waals surface area (Å²) in [6, 6.07) is 11.0. The Morgan fingerprint density at radius 3 is 2.62 bits per heavy atom. The first-order valence-corrected chi connectivity index (χ1v) is 8.85. The monoisotopic (exact) mass is 358 g/mol. The van der Waals surface area contributed by atoms with Gasteiger partial charge in [-0.25, -0.2) is 4.68 Å². The van der Waals surface area contributed by atoms with Crippen molar-refractivity contribution in [3.63, 3.8) is 0 Å². The maximum absolute atomic E-state index is 12.4. The second kappa shape index (κ2) is 9.72. The highest BCUT2D eigenvalue weighted by Gasteiger charge is 2.18. The molecule has 1 aromatic carbocycles. The van der Waals surface area contributed by atoms with Crippen molar-refractivity contribution in [2.45, 2.75) is 27.2 Å². The summed E-state index contributed by atoms with van der Waals surface area (Å²) in [5.74, 6) is -0.124. The average molecular weight is 358 g/mol. The zero-order valence-corrected chi connectivity index (χ0v) is 15.5. The Bertz CT molecular complexity index is 726. The summed E-state index contributed by atoms with van der Waals surface area (Å²) < 4.78 is 6.81. The van der Waals surface area contributed by atoms with Crippen LogP contribution in [-0.2, 0) is 9.53 Å². The van der Waals surface area contributed by atoms with Crippen LogP contribution >= 0.6 is 0 Å². The number of amides is 2. The quantitative estimate of drug-likeness (QED) is 0.675. The molecule has 0 spiro atoms. The van der Waals surface area contributed by atoms with E-state index in [0.717, 1.165) is 12.1 Å². The van der Waals surface area contributed by atoms with Gasteiger partial charge in [0.25, 0.3) is 5.91 Å². The molecule has 0 radical (unpaired) electrons. The van der Waals surface area contributed by atoms with Crippen molar-refractivity contribution in [3.8, 4) is 5.69 Å². The van der Waals surface area contributed by atoms with E-state index in [9.17, 15) is 9.59 Å². The van der Waals surface area contributed by atoms with E-state index in [0.29, 0.717) is 25.6 Å². The van der Waals surface area contributed by atoms with Crippen LogP contribution in [0.2, 0.25) is 0 Å². The zero-order valence-electron chi connectivity index (χ0n) is 15.5. The number of para-hydroxylation sites is 1. The fourth-order valence-corrected chi connectivity index (χ4v) is 2.23. The number of carbonyl (C=O) groups excluding carboxylic acids is 2. The van der Waals surface area contributed by atoms with Crippen molar-refractivity contribution in [3.05, 3.63) is 42.1 Å². The minimum absolute atomic E-state index is 0.134.